The summed E-state index contributed by atoms with van der Waals surface area (Å²) in [6.07, 6.45) is 0. The molecule has 152 valence electrons. The monoisotopic (exact) mass is 424 g/mol. The Kier molecular flexibility index (Phi) is 6.50. The Hall–Kier alpha value is -4.05. The molecule has 30 heavy (non-hydrogen) atoms. The van der Waals surface area contributed by atoms with Crippen molar-refractivity contribution in [2.45, 2.75) is 0 Å². The third kappa shape index (κ3) is 5.26. The minimum absolute atomic E-state index is 0.134. The van der Waals surface area contributed by atoms with Gasteiger partial charge in [-0.1, -0.05) is 36.4 Å². The van der Waals surface area contributed by atoms with Gasteiger partial charge in [0.2, 0.25) is 0 Å². The smallest absolute Gasteiger partial charge is 0.276 e. The van der Waals surface area contributed by atoms with E-state index in [1.807, 2.05) is 36.4 Å². The molecule has 0 aliphatic heterocycles. The van der Waals surface area contributed by atoms with Crippen LogP contribution in [-0.4, -0.2) is 28.5 Å². The third-order valence-electron chi connectivity index (χ3n) is 3.99. The number of ether oxygens (including phenoxy) is 1. The second-order valence-electron chi connectivity index (χ2n) is 6.03. The van der Waals surface area contributed by atoms with E-state index in [2.05, 4.69) is 16.2 Å². The van der Waals surface area contributed by atoms with Gasteiger partial charge >= 0.3 is 0 Å². The number of rotatable bonds is 5. The lowest BCUT2D eigenvalue weighted by Crippen LogP contribution is -2.49. The van der Waals surface area contributed by atoms with Crippen molar-refractivity contribution in [2.24, 2.45) is 0 Å². The van der Waals surface area contributed by atoms with Crippen molar-refractivity contribution >= 4 is 45.6 Å². The van der Waals surface area contributed by atoms with Crippen molar-refractivity contribution in [3.8, 4) is 5.75 Å². The van der Waals surface area contributed by atoms with Gasteiger partial charge in [-0.2, -0.15) is 0 Å². The Morgan fingerprint density at radius 1 is 0.967 bits per heavy atom. The van der Waals surface area contributed by atoms with Crippen LogP contribution >= 0.6 is 12.2 Å². The van der Waals surface area contributed by atoms with Crippen molar-refractivity contribution in [2.75, 3.05) is 6.61 Å². The highest BCUT2D eigenvalue weighted by atomic mass is 32.1. The predicted octanol–water partition coefficient (Wildman–Crippen LogP) is 2.46. The molecule has 10 heteroatoms. The lowest BCUT2D eigenvalue weighted by Gasteiger charge is -2.12. The quantitative estimate of drug-likeness (QED) is 0.327. The summed E-state index contributed by atoms with van der Waals surface area (Å²) in [5.41, 5.74) is 4.76. The molecule has 0 spiro atoms. The highest BCUT2D eigenvalue weighted by Gasteiger charge is 2.11. The zero-order valence-electron chi connectivity index (χ0n) is 15.5. The molecule has 0 unspecified atom stereocenters. The van der Waals surface area contributed by atoms with E-state index in [1.54, 1.807) is 6.07 Å². The lowest BCUT2D eigenvalue weighted by molar-refractivity contribution is -0.384. The van der Waals surface area contributed by atoms with Crippen LogP contribution in [0.4, 0.5) is 5.69 Å². The minimum Gasteiger partial charge on any atom is -0.483 e. The molecule has 3 aromatic carbocycles. The molecule has 0 bridgehead atoms. The molecule has 0 aliphatic rings. The van der Waals surface area contributed by atoms with E-state index in [9.17, 15) is 19.7 Å². The molecule has 0 aliphatic carbocycles. The number of nitrogens with zero attached hydrogens (tertiary/aromatic N) is 1. The molecule has 3 rings (SSSR count). The average molecular weight is 424 g/mol. The van der Waals surface area contributed by atoms with E-state index < -0.39 is 16.7 Å². The highest BCUT2D eigenvalue weighted by molar-refractivity contribution is 7.80. The maximum Gasteiger partial charge on any atom is 0.276 e. The van der Waals surface area contributed by atoms with Crippen LogP contribution in [0.15, 0.2) is 66.7 Å². The molecule has 0 aromatic heterocycles. The Bertz CT molecular complexity index is 1110. The van der Waals surface area contributed by atoms with Crippen LogP contribution in [0.1, 0.15) is 10.4 Å². The van der Waals surface area contributed by atoms with E-state index in [4.69, 9.17) is 17.0 Å². The second-order valence-corrected chi connectivity index (χ2v) is 6.43. The number of non-ortho nitro benzene ring substituents is 1. The first-order valence-electron chi connectivity index (χ1n) is 8.69. The molecule has 0 radical (unpaired) electrons. The van der Waals surface area contributed by atoms with Crippen LogP contribution in [0.3, 0.4) is 0 Å². The van der Waals surface area contributed by atoms with Crippen LogP contribution in [0.2, 0.25) is 0 Å². The third-order valence-corrected chi connectivity index (χ3v) is 4.20. The highest BCUT2D eigenvalue weighted by Crippen LogP contribution is 2.24. The Balaban J connectivity index is 1.46. The number of nitro groups is 1. The van der Waals surface area contributed by atoms with Gasteiger partial charge in [-0.3, -0.25) is 35.9 Å². The molecule has 0 saturated heterocycles. The lowest BCUT2D eigenvalue weighted by atomic mass is 10.1. The number of hydrogen-bond acceptors (Lipinski definition) is 6. The molecule has 0 fully saturated rings. The second kappa shape index (κ2) is 9.43. The fraction of sp³-hybridized carbons (Fsp3) is 0.0500. The van der Waals surface area contributed by atoms with Gasteiger partial charge in [0.05, 0.1) is 4.92 Å². The molecule has 2 amide bonds. The van der Waals surface area contributed by atoms with E-state index in [0.717, 1.165) is 10.8 Å². The summed E-state index contributed by atoms with van der Waals surface area (Å²) in [6, 6.07) is 18.2. The van der Waals surface area contributed by atoms with Gasteiger partial charge in [0, 0.05) is 23.1 Å². The molecule has 0 atom stereocenters. The van der Waals surface area contributed by atoms with Gasteiger partial charge in [0.15, 0.2) is 11.7 Å². The number of carbonyl (C=O) groups is 2. The molecule has 3 aromatic rings. The fourth-order valence-electron chi connectivity index (χ4n) is 2.57. The van der Waals surface area contributed by atoms with Crippen LogP contribution in [0.5, 0.6) is 5.75 Å². The normalized spacial score (nSPS) is 10.1. The number of fused-ring (bicyclic) bond motifs is 1. The Morgan fingerprint density at radius 2 is 1.67 bits per heavy atom. The average Bonchev–Trinajstić information content (AvgIpc) is 2.76. The molecule has 0 heterocycles. The zero-order valence-corrected chi connectivity index (χ0v) is 16.3. The van der Waals surface area contributed by atoms with Gasteiger partial charge in [0.1, 0.15) is 5.75 Å². The number of amides is 2. The number of benzene rings is 3. The summed E-state index contributed by atoms with van der Waals surface area (Å²) in [7, 11) is 0. The van der Waals surface area contributed by atoms with E-state index >= 15 is 0 Å². The first-order chi connectivity index (χ1) is 14.4. The van der Waals surface area contributed by atoms with Crippen LogP contribution in [-0.2, 0) is 4.79 Å². The molecular formula is C20H16N4O5S. The van der Waals surface area contributed by atoms with Crippen molar-refractivity contribution in [1.82, 2.24) is 16.2 Å². The number of thiocarbonyl (C=S) groups is 1. The minimum atomic E-state index is -0.580. The topological polar surface area (TPSA) is 123 Å². The number of hydrazine groups is 1. The van der Waals surface area contributed by atoms with Gasteiger partial charge in [-0.25, -0.2) is 0 Å². The SMILES string of the molecule is O=C(COc1cccc2ccccc12)NNC(=S)NC(=O)c1ccc([N+](=O)[O-])cc1. The van der Waals surface area contributed by atoms with Gasteiger partial charge < -0.3 is 4.74 Å². The van der Waals surface area contributed by atoms with Crippen molar-refractivity contribution < 1.29 is 19.2 Å². The van der Waals surface area contributed by atoms with E-state index in [1.165, 1.54) is 24.3 Å². The van der Waals surface area contributed by atoms with Crippen molar-refractivity contribution in [1.29, 1.82) is 0 Å². The van der Waals surface area contributed by atoms with Crippen LogP contribution in [0.25, 0.3) is 10.8 Å². The van der Waals surface area contributed by atoms with E-state index in [-0.39, 0.29) is 23.0 Å². The van der Waals surface area contributed by atoms with Crippen LogP contribution in [0, 0.1) is 10.1 Å². The zero-order chi connectivity index (χ0) is 21.5. The van der Waals surface area contributed by atoms with Crippen LogP contribution < -0.4 is 20.9 Å². The number of carbonyl (C=O) groups excluding carboxylic acids is 2. The van der Waals surface area contributed by atoms with E-state index in [0.29, 0.717) is 5.75 Å². The van der Waals surface area contributed by atoms with Gasteiger partial charge in [-0.05, 0) is 35.8 Å². The van der Waals surface area contributed by atoms with Crippen molar-refractivity contribution in [3.63, 3.8) is 0 Å². The Morgan fingerprint density at radius 3 is 2.40 bits per heavy atom. The standard InChI is InChI=1S/C20H16N4O5S/c25-18(12-29-17-7-3-5-13-4-1-2-6-16(13)17)22-23-20(30)21-19(26)14-8-10-15(11-9-14)24(27)28/h1-11H,12H2,(H,22,25)(H2,21,23,26,30). The fourth-order valence-corrected chi connectivity index (χ4v) is 2.71. The summed E-state index contributed by atoms with van der Waals surface area (Å²) in [5.74, 6) is -0.518. The summed E-state index contributed by atoms with van der Waals surface area (Å²) in [5, 5.41) is 14.7. The Labute approximate surface area is 176 Å². The summed E-state index contributed by atoms with van der Waals surface area (Å²) in [6.45, 7) is -0.264. The van der Waals surface area contributed by atoms with Gasteiger partial charge in [0.25, 0.3) is 17.5 Å². The number of nitrogens with one attached hydrogen (secondary N) is 3. The largest absolute Gasteiger partial charge is 0.483 e. The van der Waals surface area contributed by atoms with Crippen molar-refractivity contribution in [3.05, 3.63) is 82.4 Å². The predicted molar refractivity (Wildman–Crippen MR) is 114 cm³/mol. The summed E-state index contributed by atoms with van der Waals surface area (Å²) >= 11 is 4.95. The number of nitro benzene ring substituents is 1. The summed E-state index contributed by atoms with van der Waals surface area (Å²) < 4.78 is 5.56. The molecular weight excluding hydrogens is 408 g/mol. The summed E-state index contributed by atoms with van der Waals surface area (Å²) in [4.78, 5) is 34.1. The molecule has 3 N–H and O–H groups in total. The number of hydrogen-bond donors (Lipinski definition) is 3. The molecule has 9 nitrogen and oxygen atoms in total. The first-order valence-corrected chi connectivity index (χ1v) is 9.10. The maximum atomic E-state index is 12.1. The molecule has 0 saturated carbocycles. The van der Waals surface area contributed by atoms with Gasteiger partial charge in [-0.15, -0.1) is 0 Å². The first kappa shape index (κ1) is 20.7. The maximum absolute atomic E-state index is 12.1.